The first-order valence-electron chi connectivity index (χ1n) is 7.70. The van der Waals surface area contributed by atoms with Gasteiger partial charge in [0.05, 0.1) is 5.69 Å². The molecule has 2 rings (SSSR count). The summed E-state index contributed by atoms with van der Waals surface area (Å²) in [4.78, 5) is 0. The molecule has 2 aromatic carbocycles. The van der Waals surface area contributed by atoms with E-state index in [1.165, 1.54) is 0 Å². The van der Waals surface area contributed by atoms with Crippen LogP contribution < -0.4 is 9.47 Å². The van der Waals surface area contributed by atoms with E-state index >= 15 is 0 Å². The lowest BCUT2D eigenvalue weighted by Crippen LogP contribution is -1.97. The van der Waals surface area contributed by atoms with Gasteiger partial charge in [-0.05, 0) is 61.4 Å². The Kier molecular flexibility index (Phi) is 6.32. The molecule has 0 saturated heterocycles. The van der Waals surface area contributed by atoms with Crippen molar-refractivity contribution >= 4 is 11.4 Å². The molecular formula is C20H22N2O2. The largest absolute Gasteiger partial charge is 0.489 e. The van der Waals surface area contributed by atoms with Gasteiger partial charge in [0, 0.05) is 0 Å². The van der Waals surface area contributed by atoms with Crippen LogP contribution in [-0.2, 0) is 0 Å². The fourth-order valence-electron chi connectivity index (χ4n) is 1.79. The van der Waals surface area contributed by atoms with Crippen LogP contribution >= 0.6 is 0 Å². The maximum Gasteiger partial charge on any atom is 0.147 e. The summed E-state index contributed by atoms with van der Waals surface area (Å²) in [6.07, 6.45) is 0. The van der Waals surface area contributed by atoms with Crippen LogP contribution in [0.15, 0.2) is 83.1 Å². The molecule has 0 amide bonds. The lowest BCUT2D eigenvalue weighted by atomic mass is 10.3. The van der Waals surface area contributed by atoms with E-state index in [0.29, 0.717) is 24.7 Å². The van der Waals surface area contributed by atoms with Crippen LogP contribution in [0.4, 0.5) is 11.4 Å². The highest BCUT2D eigenvalue weighted by atomic mass is 16.5. The molecular weight excluding hydrogens is 300 g/mol. The standard InChI is InChI=1S/C20H22N2O2/c1-15(2)13-23-18-11-9-17(10-12-18)21-22-19-7-5-6-8-20(19)24-14-16(3)4/h5-12H,1,3,13-14H2,2,4H3/b22-21+. The number of ether oxygens (including phenoxy) is 2. The predicted molar refractivity (Wildman–Crippen MR) is 97.7 cm³/mol. The molecule has 24 heavy (non-hydrogen) atoms. The zero-order valence-electron chi connectivity index (χ0n) is 14.2. The van der Waals surface area contributed by atoms with Gasteiger partial charge in [0.2, 0.25) is 0 Å². The van der Waals surface area contributed by atoms with Gasteiger partial charge in [-0.3, -0.25) is 0 Å². The number of nitrogens with zero attached hydrogens (tertiary/aromatic N) is 2. The summed E-state index contributed by atoms with van der Waals surface area (Å²) >= 11 is 0. The third-order valence-electron chi connectivity index (χ3n) is 2.93. The first-order chi connectivity index (χ1) is 11.5. The van der Waals surface area contributed by atoms with Gasteiger partial charge in [-0.15, -0.1) is 5.11 Å². The number of benzene rings is 2. The van der Waals surface area contributed by atoms with Crippen LogP contribution in [0.1, 0.15) is 13.8 Å². The second-order valence-electron chi connectivity index (χ2n) is 5.65. The normalized spacial score (nSPS) is 10.6. The number of para-hydroxylation sites is 1. The summed E-state index contributed by atoms with van der Waals surface area (Å²) in [5.41, 5.74) is 3.35. The predicted octanol–water partition coefficient (Wildman–Crippen LogP) is 6.01. The van der Waals surface area contributed by atoms with Crippen molar-refractivity contribution in [1.82, 2.24) is 0 Å². The van der Waals surface area contributed by atoms with Gasteiger partial charge in [0.15, 0.2) is 0 Å². The Morgan fingerprint density at radius 3 is 2.12 bits per heavy atom. The second kappa shape index (κ2) is 8.67. The van der Waals surface area contributed by atoms with E-state index in [1.807, 2.05) is 62.4 Å². The zero-order valence-corrected chi connectivity index (χ0v) is 14.2. The monoisotopic (exact) mass is 322 g/mol. The van der Waals surface area contributed by atoms with E-state index in [4.69, 9.17) is 9.47 Å². The van der Waals surface area contributed by atoms with Gasteiger partial charge < -0.3 is 9.47 Å². The third-order valence-corrected chi connectivity index (χ3v) is 2.93. The number of hydrogen-bond acceptors (Lipinski definition) is 4. The highest BCUT2D eigenvalue weighted by Crippen LogP contribution is 2.29. The van der Waals surface area contributed by atoms with Crippen molar-refractivity contribution in [3.63, 3.8) is 0 Å². The molecule has 0 radical (unpaired) electrons. The number of azo groups is 1. The molecule has 4 nitrogen and oxygen atoms in total. The van der Waals surface area contributed by atoms with Gasteiger partial charge in [0.1, 0.15) is 30.4 Å². The highest BCUT2D eigenvalue weighted by Gasteiger charge is 2.02. The van der Waals surface area contributed by atoms with Crippen LogP contribution in [0, 0.1) is 0 Å². The molecule has 0 saturated carbocycles. The Labute approximate surface area is 143 Å². The fraction of sp³-hybridized carbons (Fsp3) is 0.200. The molecule has 0 aliphatic heterocycles. The van der Waals surface area contributed by atoms with Crippen molar-refractivity contribution in [2.75, 3.05) is 13.2 Å². The zero-order chi connectivity index (χ0) is 17.4. The van der Waals surface area contributed by atoms with Gasteiger partial charge in [-0.2, -0.15) is 5.11 Å². The first kappa shape index (κ1) is 17.5. The molecule has 0 aliphatic rings. The van der Waals surface area contributed by atoms with Crippen LogP contribution in [0.5, 0.6) is 11.5 Å². The van der Waals surface area contributed by atoms with Gasteiger partial charge in [-0.25, -0.2) is 0 Å². The number of rotatable bonds is 8. The van der Waals surface area contributed by atoms with Crippen molar-refractivity contribution in [2.24, 2.45) is 10.2 Å². The van der Waals surface area contributed by atoms with E-state index < -0.39 is 0 Å². The summed E-state index contributed by atoms with van der Waals surface area (Å²) in [6.45, 7) is 12.5. The third kappa shape index (κ3) is 5.72. The molecule has 0 aromatic heterocycles. The van der Waals surface area contributed by atoms with Gasteiger partial charge in [0.25, 0.3) is 0 Å². The van der Waals surface area contributed by atoms with E-state index in [9.17, 15) is 0 Å². The van der Waals surface area contributed by atoms with Crippen LogP contribution in [0.3, 0.4) is 0 Å². The second-order valence-corrected chi connectivity index (χ2v) is 5.65. The van der Waals surface area contributed by atoms with E-state index in [0.717, 1.165) is 22.6 Å². The van der Waals surface area contributed by atoms with E-state index in [1.54, 1.807) is 0 Å². The molecule has 2 aromatic rings. The van der Waals surface area contributed by atoms with Crippen LogP contribution in [-0.4, -0.2) is 13.2 Å². The molecule has 0 atom stereocenters. The quantitative estimate of drug-likeness (QED) is 0.441. The molecule has 0 bridgehead atoms. The summed E-state index contributed by atoms with van der Waals surface area (Å²) < 4.78 is 11.2. The summed E-state index contributed by atoms with van der Waals surface area (Å²) in [6, 6.07) is 15.0. The van der Waals surface area contributed by atoms with Crippen LogP contribution in [0.2, 0.25) is 0 Å². The van der Waals surface area contributed by atoms with Crippen molar-refractivity contribution in [2.45, 2.75) is 13.8 Å². The van der Waals surface area contributed by atoms with Crippen molar-refractivity contribution in [3.8, 4) is 11.5 Å². The summed E-state index contributed by atoms with van der Waals surface area (Å²) in [7, 11) is 0. The molecule has 0 spiro atoms. The SMILES string of the molecule is C=C(C)COc1ccc(/N=N/c2ccccc2OCC(=C)C)cc1. The average molecular weight is 322 g/mol. The summed E-state index contributed by atoms with van der Waals surface area (Å²) in [5, 5.41) is 8.52. The van der Waals surface area contributed by atoms with Gasteiger partial charge in [-0.1, -0.05) is 25.3 Å². The Morgan fingerprint density at radius 2 is 1.46 bits per heavy atom. The molecule has 124 valence electrons. The molecule has 0 unspecified atom stereocenters. The minimum Gasteiger partial charge on any atom is -0.489 e. The maximum atomic E-state index is 5.68. The Balaban J connectivity index is 2.05. The Hall–Kier alpha value is -2.88. The average Bonchev–Trinajstić information content (AvgIpc) is 2.57. The molecule has 0 fully saturated rings. The Bertz CT molecular complexity index is 734. The number of hydrogen-bond donors (Lipinski definition) is 0. The molecule has 0 N–H and O–H groups in total. The maximum absolute atomic E-state index is 5.68. The highest BCUT2D eigenvalue weighted by molar-refractivity contribution is 5.51. The van der Waals surface area contributed by atoms with Crippen molar-refractivity contribution in [1.29, 1.82) is 0 Å². The van der Waals surface area contributed by atoms with Crippen LogP contribution in [0.25, 0.3) is 0 Å². The molecule has 0 aliphatic carbocycles. The lowest BCUT2D eigenvalue weighted by molar-refractivity contribution is 0.352. The smallest absolute Gasteiger partial charge is 0.147 e. The van der Waals surface area contributed by atoms with E-state index in [2.05, 4.69) is 23.4 Å². The van der Waals surface area contributed by atoms with Crippen molar-refractivity contribution in [3.05, 3.63) is 72.8 Å². The molecule has 0 heterocycles. The minimum atomic E-state index is 0.460. The molecule has 4 heteroatoms. The first-order valence-corrected chi connectivity index (χ1v) is 7.70. The summed E-state index contributed by atoms with van der Waals surface area (Å²) in [5.74, 6) is 1.47. The minimum absolute atomic E-state index is 0.460. The lowest BCUT2D eigenvalue weighted by Gasteiger charge is -2.07. The van der Waals surface area contributed by atoms with E-state index in [-0.39, 0.29) is 0 Å². The fourth-order valence-corrected chi connectivity index (χ4v) is 1.79. The van der Waals surface area contributed by atoms with Gasteiger partial charge >= 0.3 is 0 Å². The Morgan fingerprint density at radius 1 is 0.833 bits per heavy atom. The topological polar surface area (TPSA) is 43.2 Å². The van der Waals surface area contributed by atoms with Crippen molar-refractivity contribution < 1.29 is 9.47 Å².